The maximum atomic E-state index is 6.25. The summed E-state index contributed by atoms with van der Waals surface area (Å²) in [5.41, 5.74) is 8.48. The first-order chi connectivity index (χ1) is 11.3. The largest absolute Gasteiger partial charge is 0.398 e. The van der Waals surface area contributed by atoms with Gasteiger partial charge >= 0.3 is 0 Å². The fraction of sp³-hybridized carbons (Fsp3) is 0.0909. The predicted octanol–water partition coefficient (Wildman–Crippen LogP) is 5.88. The van der Waals surface area contributed by atoms with Crippen molar-refractivity contribution in [1.29, 1.82) is 0 Å². The Kier molecular flexibility index (Phi) is 2.41. The lowest BCUT2D eigenvalue weighted by molar-refractivity contribution is 1.15. The molecule has 0 heterocycles. The number of rotatable bonds is 1. The van der Waals surface area contributed by atoms with Gasteiger partial charge in [-0.2, -0.15) is 0 Å². The minimum Gasteiger partial charge on any atom is -0.398 e. The first kappa shape index (κ1) is 12.7. The maximum absolute atomic E-state index is 6.25. The molecule has 0 bridgehead atoms. The third-order valence-corrected chi connectivity index (χ3v) is 5.10. The van der Waals surface area contributed by atoms with Gasteiger partial charge in [0.15, 0.2) is 0 Å². The maximum Gasteiger partial charge on any atom is 0.0394 e. The van der Waals surface area contributed by atoms with E-state index in [2.05, 4.69) is 61.5 Å². The Hall–Kier alpha value is -2.80. The Balaban J connectivity index is 2.22. The number of aryl methyl sites for hydroxylation is 1. The molecular formula is C22H17N. The van der Waals surface area contributed by atoms with Crippen molar-refractivity contribution in [1.82, 2.24) is 0 Å². The lowest BCUT2D eigenvalue weighted by atomic mass is 9.88. The zero-order valence-electron chi connectivity index (χ0n) is 13.1. The molecule has 110 valence electrons. The molecule has 0 aromatic heterocycles. The summed E-state index contributed by atoms with van der Waals surface area (Å²) >= 11 is 0. The summed E-state index contributed by atoms with van der Waals surface area (Å²) < 4.78 is 0. The summed E-state index contributed by atoms with van der Waals surface area (Å²) in [6, 6.07) is 22.0. The second-order valence-corrected chi connectivity index (χ2v) is 6.33. The smallest absolute Gasteiger partial charge is 0.0394 e. The molecule has 2 N–H and O–H groups in total. The number of nitrogen functional groups attached to an aromatic ring is 1. The van der Waals surface area contributed by atoms with Crippen LogP contribution in [0.1, 0.15) is 12.5 Å². The van der Waals surface area contributed by atoms with E-state index in [1.807, 2.05) is 6.07 Å². The highest BCUT2D eigenvalue weighted by molar-refractivity contribution is 6.33. The van der Waals surface area contributed by atoms with Crippen LogP contribution in [0.2, 0.25) is 0 Å². The van der Waals surface area contributed by atoms with Crippen molar-refractivity contribution in [3.05, 3.63) is 66.2 Å². The van der Waals surface area contributed by atoms with Crippen LogP contribution in [0.5, 0.6) is 0 Å². The molecule has 1 heteroatoms. The first-order valence-corrected chi connectivity index (χ1v) is 8.15. The molecule has 0 amide bonds. The average molecular weight is 295 g/mol. The van der Waals surface area contributed by atoms with Gasteiger partial charge in [-0.25, -0.2) is 0 Å². The van der Waals surface area contributed by atoms with Crippen LogP contribution in [0.4, 0.5) is 5.69 Å². The highest BCUT2D eigenvalue weighted by atomic mass is 14.5. The fourth-order valence-corrected chi connectivity index (χ4v) is 4.01. The average Bonchev–Trinajstić information content (AvgIpc) is 2.60. The van der Waals surface area contributed by atoms with E-state index < -0.39 is 0 Å². The number of hydrogen-bond donors (Lipinski definition) is 1. The van der Waals surface area contributed by atoms with E-state index in [1.54, 1.807) is 0 Å². The molecule has 0 saturated heterocycles. The lowest BCUT2D eigenvalue weighted by Gasteiger charge is -2.16. The van der Waals surface area contributed by atoms with Crippen molar-refractivity contribution in [3.63, 3.8) is 0 Å². The zero-order chi connectivity index (χ0) is 15.6. The van der Waals surface area contributed by atoms with Crippen molar-refractivity contribution in [3.8, 4) is 0 Å². The van der Waals surface area contributed by atoms with Crippen molar-refractivity contribution >= 4 is 48.8 Å². The molecule has 0 atom stereocenters. The molecule has 5 rings (SSSR count). The van der Waals surface area contributed by atoms with Crippen LogP contribution in [0.25, 0.3) is 43.1 Å². The molecule has 0 aliphatic heterocycles. The van der Waals surface area contributed by atoms with E-state index in [0.717, 1.165) is 17.5 Å². The summed E-state index contributed by atoms with van der Waals surface area (Å²) in [5, 5.41) is 10.4. The molecule has 5 aromatic carbocycles. The van der Waals surface area contributed by atoms with E-state index >= 15 is 0 Å². The molecular weight excluding hydrogens is 278 g/mol. The van der Waals surface area contributed by atoms with E-state index in [1.165, 1.54) is 43.3 Å². The van der Waals surface area contributed by atoms with E-state index in [9.17, 15) is 0 Å². The quantitative estimate of drug-likeness (QED) is 0.233. The Labute approximate surface area is 134 Å². The Morgan fingerprint density at radius 1 is 0.696 bits per heavy atom. The minimum atomic E-state index is 0.855. The third-order valence-electron chi connectivity index (χ3n) is 5.10. The molecule has 23 heavy (non-hydrogen) atoms. The van der Waals surface area contributed by atoms with Gasteiger partial charge in [0, 0.05) is 11.1 Å². The number of benzene rings is 5. The molecule has 0 aliphatic rings. The van der Waals surface area contributed by atoms with Gasteiger partial charge in [0.2, 0.25) is 0 Å². The highest BCUT2D eigenvalue weighted by Gasteiger charge is 2.14. The van der Waals surface area contributed by atoms with E-state index in [0.29, 0.717) is 0 Å². The first-order valence-electron chi connectivity index (χ1n) is 8.15. The van der Waals surface area contributed by atoms with Crippen molar-refractivity contribution < 1.29 is 0 Å². The monoisotopic (exact) mass is 295 g/mol. The Bertz CT molecular complexity index is 1200. The minimum absolute atomic E-state index is 0.855. The second kappa shape index (κ2) is 4.36. The predicted molar refractivity (Wildman–Crippen MR) is 101 cm³/mol. The number of nitrogens with two attached hydrogens (primary N) is 1. The molecule has 0 radical (unpaired) electrons. The lowest BCUT2D eigenvalue weighted by Crippen LogP contribution is -1.92. The van der Waals surface area contributed by atoms with Gasteiger partial charge in [-0.15, -0.1) is 0 Å². The van der Waals surface area contributed by atoms with Crippen LogP contribution in [0.3, 0.4) is 0 Å². The van der Waals surface area contributed by atoms with Crippen LogP contribution in [-0.2, 0) is 6.42 Å². The normalized spacial score (nSPS) is 12.0. The molecule has 0 fully saturated rings. The van der Waals surface area contributed by atoms with Gasteiger partial charge in [0.05, 0.1) is 0 Å². The molecule has 0 saturated carbocycles. The highest BCUT2D eigenvalue weighted by Crippen LogP contribution is 2.41. The Morgan fingerprint density at radius 3 is 2.22 bits per heavy atom. The summed E-state index contributed by atoms with van der Waals surface area (Å²) in [7, 11) is 0. The molecule has 1 nitrogen and oxygen atoms in total. The van der Waals surface area contributed by atoms with Gasteiger partial charge in [-0.1, -0.05) is 61.5 Å². The third kappa shape index (κ3) is 1.57. The zero-order valence-corrected chi connectivity index (χ0v) is 13.1. The fourth-order valence-electron chi connectivity index (χ4n) is 4.01. The van der Waals surface area contributed by atoms with Gasteiger partial charge in [0.1, 0.15) is 0 Å². The Morgan fingerprint density at radius 2 is 1.39 bits per heavy atom. The van der Waals surface area contributed by atoms with E-state index in [-0.39, 0.29) is 0 Å². The van der Waals surface area contributed by atoms with Crippen molar-refractivity contribution in [2.75, 3.05) is 5.73 Å². The standard InChI is InChI=1S/C22H17N/c1-2-13-11-14-5-3-6-15-17-9-10-20(23)18-8-4-7-16(22(17)18)19(12-13)21(14)15/h3-12H,2,23H2,1H3. The van der Waals surface area contributed by atoms with Gasteiger partial charge in [-0.3, -0.25) is 0 Å². The van der Waals surface area contributed by atoms with Gasteiger partial charge in [0.25, 0.3) is 0 Å². The number of anilines is 1. The van der Waals surface area contributed by atoms with Gasteiger partial charge in [-0.05, 0) is 55.8 Å². The molecule has 0 unspecified atom stereocenters. The summed E-state index contributed by atoms with van der Waals surface area (Å²) in [6.45, 7) is 2.22. The van der Waals surface area contributed by atoms with Crippen LogP contribution < -0.4 is 5.73 Å². The molecule has 0 aliphatic carbocycles. The number of hydrogen-bond acceptors (Lipinski definition) is 1. The van der Waals surface area contributed by atoms with Crippen LogP contribution in [0, 0.1) is 0 Å². The van der Waals surface area contributed by atoms with Crippen LogP contribution in [0.15, 0.2) is 60.7 Å². The van der Waals surface area contributed by atoms with Crippen LogP contribution >= 0.6 is 0 Å². The summed E-state index contributed by atoms with van der Waals surface area (Å²) in [4.78, 5) is 0. The SMILES string of the molecule is CCc1cc2cccc3c4ccc(N)c5cccc(c(c1)c23)c54. The molecule has 5 aromatic rings. The van der Waals surface area contributed by atoms with E-state index in [4.69, 9.17) is 5.73 Å². The van der Waals surface area contributed by atoms with Crippen LogP contribution in [-0.4, -0.2) is 0 Å². The topological polar surface area (TPSA) is 26.0 Å². The van der Waals surface area contributed by atoms with Crippen molar-refractivity contribution in [2.24, 2.45) is 0 Å². The van der Waals surface area contributed by atoms with Crippen molar-refractivity contribution in [2.45, 2.75) is 13.3 Å². The summed E-state index contributed by atoms with van der Waals surface area (Å²) in [5.74, 6) is 0. The second-order valence-electron chi connectivity index (χ2n) is 6.33. The van der Waals surface area contributed by atoms with Gasteiger partial charge < -0.3 is 5.73 Å². The summed E-state index contributed by atoms with van der Waals surface area (Å²) in [6.07, 6.45) is 1.05. The number of fused-ring (bicyclic) bond motifs is 2. The molecule has 0 spiro atoms.